The van der Waals surface area contributed by atoms with Gasteiger partial charge in [-0.25, -0.2) is 9.59 Å². The predicted molar refractivity (Wildman–Crippen MR) is 77.6 cm³/mol. The summed E-state index contributed by atoms with van der Waals surface area (Å²) in [7, 11) is 0. The Hall–Kier alpha value is -0.910. The molecule has 1 aliphatic rings. The molecule has 1 aliphatic heterocycles. The van der Waals surface area contributed by atoms with Crippen molar-refractivity contribution in [2.75, 3.05) is 18.8 Å². The van der Waals surface area contributed by atoms with Crippen LogP contribution in [0.15, 0.2) is 0 Å². The first-order chi connectivity index (χ1) is 8.73. The minimum absolute atomic E-state index is 0.0858. The van der Waals surface area contributed by atoms with E-state index >= 15 is 0 Å². The molecule has 1 fully saturated rings. The fraction of sp³-hybridized carbons (Fsp3) is 0.846. The summed E-state index contributed by atoms with van der Waals surface area (Å²) < 4.78 is 0.0858. The molecule has 0 aliphatic carbocycles. The molecule has 0 aromatic carbocycles. The van der Waals surface area contributed by atoms with Crippen LogP contribution in [-0.4, -0.2) is 51.1 Å². The van der Waals surface area contributed by atoms with Crippen LogP contribution < -0.4 is 5.32 Å². The molecule has 1 rings (SSSR count). The molecule has 1 heterocycles. The number of carbonyl (C=O) groups is 2. The van der Waals surface area contributed by atoms with E-state index < -0.39 is 11.5 Å². The van der Waals surface area contributed by atoms with Crippen LogP contribution >= 0.6 is 11.8 Å². The lowest BCUT2D eigenvalue weighted by atomic mass is 10.0. The van der Waals surface area contributed by atoms with Gasteiger partial charge in [-0.15, -0.1) is 0 Å². The van der Waals surface area contributed by atoms with E-state index in [2.05, 4.69) is 12.2 Å². The molecule has 2 amide bonds. The first kappa shape index (κ1) is 16.1. The summed E-state index contributed by atoms with van der Waals surface area (Å²) in [5.74, 6) is 0.135. The minimum Gasteiger partial charge on any atom is -0.480 e. The van der Waals surface area contributed by atoms with E-state index in [0.29, 0.717) is 13.1 Å². The van der Waals surface area contributed by atoms with Gasteiger partial charge in [0.25, 0.3) is 0 Å². The van der Waals surface area contributed by atoms with E-state index in [9.17, 15) is 14.7 Å². The van der Waals surface area contributed by atoms with E-state index in [1.54, 1.807) is 20.8 Å². The van der Waals surface area contributed by atoms with Gasteiger partial charge in [0.15, 0.2) is 0 Å². The zero-order chi connectivity index (χ0) is 14.7. The lowest BCUT2D eigenvalue weighted by molar-refractivity contribution is -0.147. The van der Waals surface area contributed by atoms with Crippen LogP contribution in [0.2, 0.25) is 0 Å². The zero-order valence-corrected chi connectivity index (χ0v) is 13.0. The molecule has 0 bridgehead atoms. The average molecular weight is 288 g/mol. The van der Waals surface area contributed by atoms with Crippen molar-refractivity contribution in [1.29, 1.82) is 0 Å². The second kappa shape index (κ2) is 6.03. The zero-order valence-electron chi connectivity index (χ0n) is 12.2. The van der Waals surface area contributed by atoms with Crippen molar-refractivity contribution in [2.45, 2.75) is 50.8 Å². The Balaban J connectivity index is 2.62. The maximum absolute atomic E-state index is 12.2. The van der Waals surface area contributed by atoms with E-state index in [4.69, 9.17) is 0 Å². The molecule has 6 heteroatoms. The summed E-state index contributed by atoms with van der Waals surface area (Å²) in [6.45, 7) is 7.98. The summed E-state index contributed by atoms with van der Waals surface area (Å²) in [5.41, 5.74) is -1.19. The summed E-state index contributed by atoms with van der Waals surface area (Å²) in [4.78, 5) is 24.7. The maximum Gasteiger partial charge on any atom is 0.329 e. The number of carboxylic acids is 1. The highest BCUT2D eigenvalue weighted by molar-refractivity contribution is 8.00. The first-order valence-corrected chi connectivity index (χ1v) is 7.64. The first-order valence-electron chi connectivity index (χ1n) is 6.66. The highest BCUT2D eigenvalue weighted by Gasteiger charge is 2.38. The fourth-order valence-electron chi connectivity index (χ4n) is 2.24. The Labute approximate surface area is 119 Å². The van der Waals surface area contributed by atoms with Crippen LogP contribution in [0, 0.1) is 0 Å². The van der Waals surface area contributed by atoms with Gasteiger partial charge in [0.05, 0.1) is 0 Å². The number of nitrogens with one attached hydrogen (secondary N) is 1. The summed E-state index contributed by atoms with van der Waals surface area (Å²) in [6.07, 6.45) is 2.27. The normalized spacial score (nSPS) is 23.2. The number of thioether (sulfide) groups is 1. The Bertz CT molecular complexity index is 352. The average Bonchev–Trinajstić information content (AvgIpc) is 2.74. The van der Waals surface area contributed by atoms with Crippen LogP contribution in [0.3, 0.4) is 0 Å². The van der Waals surface area contributed by atoms with Gasteiger partial charge in [0, 0.05) is 17.8 Å². The van der Waals surface area contributed by atoms with Gasteiger partial charge in [-0.2, -0.15) is 11.8 Å². The third kappa shape index (κ3) is 3.78. The van der Waals surface area contributed by atoms with Gasteiger partial charge in [-0.3, -0.25) is 0 Å². The number of hydrogen-bond acceptors (Lipinski definition) is 3. The molecule has 1 saturated heterocycles. The highest BCUT2D eigenvalue weighted by Crippen LogP contribution is 2.37. The number of nitrogens with zero attached hydrogens (tertiary/aromatic N) is 1. The molecule has 0 radical (unpaired) electrons. The van der Waals surface area contributed by atoms with Crippen LogP contribution in [0.1, 0.15) is 40.5 Å². The smallest absolute Gasteiger partial charge is 0.329 e. The van der Waals surface area contributed by atoms with Crippen LogP contribution in [0.5, 0.6) is 0 Å². The van der Waals surface area contributed by atoms with Gasteiger partial charge >= 0.3 is 12.0 Å². The predicted octanol–water partition coefficient (Wildman–Crippen LogP) is 2.17. The van der Waals surface area contributed by atoms with Gasteiger partial charge in [-0.1, -0.05) is 0 Å². The lowest BCUT2D eigenvalue weighted by Gasteiger charge is -2.35. The van der Waals surface area contributed by atoms with E-state index in [-0.39, 0.29) is 10.8 Å². The fourth-order valence-corrected chi connectivity index (χ4v) is 3.49. The third-order valence-corrected chi connectivity index (χ3v) is 5.21. The molecule has 0 aromatic rings. The molecule has 0 spiro atoms. The molecule has 1 atom stereocenters. The second-order valence-corrected chi connectivity index (χ2v) is 7.35. The number of likely N-dealkylation sites (N-methyl/N-ethyl adjacent to an activating group) is 1. The minimum atomic E-state index is -1.19. The highest BCUT2D eigenvalue weighted by atomic mass is 32.2. The molecule has 0 saturated carbocycles. The number of carbonyl (C=O) groups excluding carboxylic acids is 1. The number of amides is 2. The van der Waals surface area contributed by atoms with Crippen molar-refractivity contribution in [3.05, 3.63) is 0 Å². The third-order valence-electron chi connectivity index (χ3n) is 3.67. The van der Waals surface area contributed by atoms with Crippen LogP contribution in [0.4, 0.5) is 4.79 Å². The number of rotatable bonds is 5. The van der Waals surface area contributed by atoms with Crippen molar-refractivity contribution in [2.24, 2.45) is 0 Å². The van der Waals surface area contributed by atoms with E-state index in [1.807, 2.05) is 11.8 Å². The van der Waals surface area contributed by atoms with Gasteiger partial charge in [-0.05, 0) is 46.3 Å². The van der Waals surface area contributed by atoms with Gasteiger partial charge in [0.1, 0.15) is 5.54 Å². The lowest BCUT2D eigenvalue weighted by Crippen LogP contribution is -2.57. The molecule has 0 aromatic heterocycles. The summed E-state index contributed by atoms with van der Waals surface area (Å²) >= 11 is 1.87. The van der Waals surface area contributed by atoms with Crippen LogP contribution in [-0.2, 0) is 4.79 Å². The molecule has 2 N–H and O–H groups in total. The standard InChI is InChI=1S/C13H24N2O3S/c1-5-15(12(2,3)10(16)17)11(18)14-9-13(4)7-6-8-19-13/h5-9H2,1-4H3,(H,14,18)(H,16,17). The van der Waals surface area contributed by atoms with E-state index in [0.717, 1.165) is 12.2 Å². The molecular formula is C13H24N2O3S. The van der Waals surface area contributed by atoms with Gasteiger partial charge in [0.2, 0.25) is 0 Å². The topological polar surface area (TPSA) is 69.6 Å². The Kier molecular flexibility index (Phi) is 5.12. The van der Waals surface area contributed by atoms with Crippen molar-refractivity contribution in [3.8, 4) is 0 Å². The van der Waals surface area contributed by atoms with Crippen molar-refractivity contribution in [1.82, 2.24) is 10.2 Å². The second-order valence-electron chi connectivity index (χ2n) is 5.67. The molecule has 1 unspecified atom stereocenters. The largest absolute Gasteiger partial charge is 0.480 e. The van der Waals surface area contributed by atoms with Crippen molar-refractivity contribution in [3.63, 3.8) is 0 Å². The number of hydrogen-bond donors (Lipinski definition) is 2. The van der Waals surface area contributed by atoms with Crippen molar-refractivity contribution < 1.29 is 14.7 Å². The molecule has 5 nitrogen and oxygen atoms in total. The van der Waals surface area contributed by atoms with Crippen LogP contribution in [0.25, 0.3) is 0 Å². The monoisotopic (exact) mass is 288 g/mol. The van der Waals surface area contributed by atoms with E-state index in [1.165, 1.54) is 11.3 Å². The van der Waals surface area contributed by atoms with Crippen molar-refractivity contribution >= 4 is 23.8 Å². The Morgan fingerprint density at radius 1 is 1.47 bits per heavy atom. The van der Waals surface area contributed by atoms with Gasteiger partial charge < -0.3 is 15.3 Å². The molecule has 19 heavy (non-hydrogen) atoms. The SMILES string of the molecule is CCN(C(=O)NCC1(C)CCCS1)C(C)(C)C(=O)O. The maximum atomic E-state index is 12.2. The number of urea groups is 1. The molecule has 110 valence electrons. The molecular weight excluding hydrogens is 264 g/mol. The number of aliphatic carboxylic acids is 1. The Morgan fingerprint density at radius 2 is 2.11 bits per heavy atom. The number of carboxylic acid groups (broad SMARTS) is 1. The summed E-state index contributed by atoms with van der Waals surface area (Å²) in [6, 6.07) is -0.302. The Morgan fingerprint density at radius 3 is 2.53 bits per heavy atom. The summed E-state index contributed by atoms with van der Waals surface area (Å²) in [5, 5.41) is 12.1. The quantitative estimate of drug-likeness (QED) is 0.813.